The van der Waals surface area contributed by atoms with Gasteiger partial charge in [-0.25, -0.2) is 4.98 Å². The molecule has 20 heavy (non-hydrogen) atoms. The number of benzene rings is 1. The Morgan fingerprint density at radius 2 is 1.60 bits per heavy atom. The van der Waals surface area contributed by atoms with Crippen LogP contribution < -0.4 is 0 Å². The van der Waals surface area contributed by atoms with Crippen molar-refractivity contribution in [1.82, 2.24) is 9.97 Å². The highest BCUT2D eigenvalue weighted by Gasteiger charge is 2.34. The third kappa shape index (κ3) is 2.82. The highest BCUT2D eigenvalue weighted by atomic mass is 16.4. The van der Waals surface area contributed by atoms with Crippen LogP contribution in [-0.4, -0.2) is 59.9 Å². The lowest BCUT2D eigenvalue weighted by Gasteiger charge is -2.27. The van der Waals surface area contributed by atoms with E-state index in [9.17, 15) is 25.5 Å². The lowest BCUT2D eigenvalue weighted by molar-refractivity contribution is -0.132. The Morgan fingerprint density at radius 3 is 2.20 bits per heavy atom. The van der Waals surface area contributed by atoms with Gasteiger partial charge in [-0.15, -0.1) is 0 Å². The fraction of sp³-hybridized carbons (Fsp3) is 0.462. The molecular formula is C13H18N2O5. The highest BCUT2D eigenvalue weighted by molar-refractivity contribution is 5.74. The minimum atomic E-state index is -1.70. The number of aromatic nitrogens is 2. The van der Waals surface area contributed by atoms with Crippen LogP contribution in [0.3, 0.4) is 0 Å². The van der Waals surface area contributed by atoms with Crippen molar-refractivity contribution in [2.75, 3.05) is 0 Å². The van der Waals surface area contributed by atoms with E-state index in [-0.39, 0.29) is 5.82 Å². The standard InChI is InChI=1S/C13H18N2O5/c1-6(16)9(17)10(18)11(19)12(20)13-14-7-4-2-3-5-8(7)15-13/h2-6,9-12,16-20H,1H3,(H,14,15). The number of rotatable bonds is 5. The van der Waals surface area contributed by atoms with E-state index < -0.39 is 30.5 Å². The zero-order chi connectivity index (χ0) is 14.9. The van der Waals surface area contributed by atoms with Crippen LogP contribution in [0.1, 0.15) is 18.9 Å². The van der Waals surface area contributed by atoms with Gasteiger partial charge in [0.15, 0.2) is 0 Å². The quantitative estimate of drug-likeness (QED) is 0.420. The molecule has 0 amide bonds. The number of aliphatic hydroxyl groups excluding tert-OH is 5. The summed E-state index contributed by atoms with van der Waals surface area (Å²) >= 11 is 0. The molecule has 6 N–H and O–H groups in total. The Balaban J connectivity index is 2.19. The summed E-state index contributed by atoms with van der Waals surface area (Å²) in [6.07, 6.45) is -7.68. The summed E-state index contributed by atoms with van der Waals surface area (Å²) in [4.78, 5) is 6.92. The van der Waals surface area contributed by atoms with Crippen LogP contribution in [-0.2, 0) is 0 Å². The minimum Gasteiger partial charge on any atom is -0.391 e. The van der Waals surface area contributed by atoms with Gasteiger partial charge in [-0.05, 0) is 19.1 Å². The summed E-state index contributed by atoms with van der Waals surface area (Å²) in [5, 5.41) is 48.2. The summed E-state index contributed by atoms with van der Waals surface area (Å²) in [6.45, 7) is 1.27. The number of hydrogen-bond donors (Lipinski definition) is 6. The Labute approximate surface area is 115 Å². The van der Waals surface area contributed by atoms with Crippen molar-refractivity contribution >= 4 is 11.0 Å². The molecule has 7 heteroatoms. The number of para-hydroxylation sites is 2. The second-order valence-electron chi connectivity index (χ2n) is 4.80. The van der Waals surface area contributed by atoms with E-state index >= 15 is 0 Å². The van der Waals surface area contributed by atoms with Gasteiger partial charge in [-0.1, -0.05) is 12.1 Å². The number of aromatic amines is 1. The van der Waals surface area contributed by atoms with E-state index in [1.54, 1.807) is 24.3 Å². The molecule has 0 saturated heterocycles. The third-order valence-corrected chi connectivity index (χ3v) is 3.21. The molecule has 0 radical (unpaired) electrons. The van der Waals surface area contributed by atoms with Crippen LogP contribution in [0.2, 0.25) is 0 Å². The maximum atomic E-state index is 9.99. The molecule has 1 aromatic heterocycles. The maximum Gasteiger partial charge on any atom is 0.140 e. The monoisotopic (exact) mass is 282 g/mol. The van der Waals surface area contributed by atoms with E-state index in [1.807, 2.05) is 0 Å². The summed E-state index contributed by atoms with van der Waals surface area (Å²) in [6, 6.07) is 7.06. The van der Waals surface area contributed by atoms with Gasteiger partial charge in [-0.2, -0.15) is 0 Å². The topological polar surface area (TPSA) is 130 Å². The second kappa shape index (κ2) is 5.86. The normalized spacial score (nSPS) is 19.5. The summed E-state index contributed by atoms with van der Waals surface area (Å²) in [5.74, 6) is 0.0792. The van der Waals surface area contributed by atoms with Gasteiger partial charge >= 0.3 is 0 Å². The van der Waals surface area contributed by atoms with Crippen molar-refractivity contribution in [3.05, 3.63) is 30.1 Å². The molecule has 0 bridgehead atoms. The first-order valence-electron chi connectivity index (χ1n) is 6.26. The number of nitrogens with one attached hydrogen (secondary N) is 1. The Morgan fingerprint density at radius 1 is 0.950 bits per heavy atom. The van der Waals surface area contributed by atoms with Crippen molar-refractivity contribution in [3.63, 3.8) is 0 Å². The van der Waals surface area contributed by atoms with Gasteiger partial charge in [0.1, 0.15) is 30.2 Å². The zero-order valence-electron chi connectivity index (χ0n) is 10.9. The van der Waals surface area contributed by atoms with Crippen molar-refractivity contribution < 1.29 is 25.5 Å². The molecule has 0 aliphatic carbocycles. The predicted molar refractivity (Wildman–Crippen MR) is 70.8 cm³/mol. The molecule has 0 aliphatic heterocycles. The molecule has 0 fully saturated rings. The minimum absolute atomic E-state index is 0.0792. The Bertz CT molecular complexity index is 538. The maximum absolute atomic E-state index is 9.99. The molecule has 0 aliphatic rings. The molecule has 110 valence electrons. The number of imidazole rings is 1. The van der Waals surface area contributed by atoms with Gasteiger partial charge in [0.2, 0.25) is 0 Å². The van der Waals surface area contributed by atoms with Crippen molar-refractivity contribution in [2.45, 2.75) is 37.4 Å². The number of hydrogen-bond acceptors (Lipinski definition) is 6. The van der Waals surface area contributed by atoms with Gasteiger partial charge in [0.25, 0.3) is 0 Å². The highest BCUT2D eigenvalue weighted by Crippen LogP contribution is 2.21. The fourth-order valence-corrected chi connectivity index (χ4v) is 1.95. The molecule has 5 atom stereocenters. The Hall–Kier alpha value is -1.51. The molecule has 7 nitrogen and oxygen atoms in total. The molecule has 5 unspecified atom stereocenters. The van der Waals surface area contributed by atoms with Crippen LogP contribution >= 0.6 is 0 Å². The van der Waals surface area contributed by atoms with Crippen molar-refractivity contribution in [1.29, 1.82) is 0 Å². The van der Waals surface area contributed by atoms with Crippen molar-refractivity contribution in [2.24, 2.45) is 0 Å². The number of H-pyrrole nitrogens is 1. The molecule has 0 saturated carbocycles. The lowest BCUT2D eigenvalue weighted by Crippen LogP contribution is -2.45. The van der Waals surface area contributed by atoms with Crippen LogP contribution in [0, 0.1) is 0 Å². The number of nitrogens with zero attached hydrogens (tertiary/aromatic N) is 1. The fourth-order valence-electron chi connectivity index (χ4n) is 1.95. The van der Waals surface area contributed by atoms with Crippen LogP contribution in [0.15, 0.2) is 24.3 Å². The smallest absolute Gasteiger partial charge is 0.140 e. The number of fused-ring (bicyclic) bond motifs is 1. The van der Waals surface area contributed by atoms with Gasteiger partial charge in [0.05, 0.1) is 17.1 Å². The van der Waals surface area contributed by atoms with Crippen molar-refractivity contribution in [3.8, 4) is 0 Å². The molecule has 1 aromatic carbocycles. The van der Waals surface area contributed by atoms with Crippen LogP contribution in [0.4, 0.5) is 0 Å². The Kier molecular flexibility index (Phi) is 4.36. The largest absolute Gasteiger partial charge is 0.391 e. The first kappa shape index (κ1) is 14.9. The summed E-state index contributed by atoms with van der Waals surface area (Å²) < 4.78 is 0. The number of aliphatic hydroxyl groups is 5. The van der Waals surface area contributed by atoms with E-state index in [0.29, 0.717) is 11.0 Å². The molecular weight excluding hydrogens is 264 g/mol. The van der Waals surface area contributed by atoms with E-state index in [4.69, 9.17) is 0 Å². The van der Waals surface area contributed by atoms with E-state index in [1.165, 1.54) is 6.92 Å². The second-order valence-corrected chi connectivity index (χ2v) is 4.80. The van der Waals surface area contributed by atoms with Gasteiger partial charge in [0, 0.05) is 0 Å². The first-order valence-corrected chi connectivity index (χ1v) is 6.26. The molecule has 2 rings (SSSR count). The molecule has 0 spiro atoms. The molecule has 1 heterocycles. The SMILES string of the molecule is CC(O)C(O)C(O)C(O)C(O)c1nc2ccccc2[nH]1. The van der Waals surface area contributed by atoms with Crippen LogP contribution in [0.25, 0.3) is 11.0 Å². The first-order chi connectivity index (χ1) is 9.41. The molecule has 2 aromatic rings. The summed E-state index contributed by atoms with van der Waals surface area (Å²) in [5.41, 5.74) is 1.29. The predicted octanol–water partition coefficient (Wildman–Crippen LogP) is -0.940. The summed E-state index contributed by atoms with van der Waals surface area (Å²) in [7, 11) is 0. The van der Waals surface area contributed by atoms with Gasteiger partial charge in [-0.3, -0.25) is 0 Å². The average molecular weight is 282 g/mol. The third-order valence-electron chi connectivity index (χ3n) is 3.21. The van der Waals surface area contributed by atoms with E-state index in [0.717, 1.165) is 0 Å². The zero-order valence-corrected chi connectivity index (χ0v) is 10.9. The van der Waals surface area contributed by atoms with Crippen LogP contribution in [0.5, 0.6) is 0 Å². The van der Waals surface area contributed by atoms with E-state index in [2.05, 4.69) is 9.97 Å². The van der Waals surface area contributed by atoms with Gasteiger partial charge < -0.3 is 30.5 Å². The lowest BCUT2D eigenvalue weighted by atomic mass is 9.99. The average Bonchev–Trinajstić information content (AvgIpc) is 2.87.